The number of piperidine rings is 1. The number of hydrogen-bond acceptors (Lipinski definition) is 4. The number of aliphatic hydroxyl groups is 1. The van der Waals surface area contributed by atoms with E-state index in [9.17, 15) is 9.90 Å². The van der Waals surface area contributed by atoms with Crippen molar-refractivity contribution in [1.82, 2.24) is 0 Å². The van der Waals surface area contributed by atoms with Gasteiger partial charge in [-0.15, -0.1) is 0 Å². The molecule has 0 saturated carbocycles. The topological polar surface area (TPSA) is 61.8 Å². The fourth-order valence-electron chi connectivity index (χ4n) is 3.04. The van der Waals surface area contributed by atoms with E-state index >= 15 is 0 Å². The molecule has 1 amide bonds. The van der Waals surface area contributed by atoms with Crippen molar-refractivity contribution in [1.29, 1.82) is 0 Å². The van der Waals surface area contributed by atoms with Crippen molar-refractivity contribution in [3.63, 3.8) is 0 Å². The molecule has 0 spiro atoms. The number of anilines is 2. The molecule has 1 saturated heterocycles. The summed E-state index contributed by atoms with van der Waals surface area (Å²) in [5.41, 5.74) is 3.41. The van der Waals surface area contributed by atoms with Gasteiger partial charge >= 0.3 is 0 Å². The number of nitrogens with one attached hydrogen (secondary N) is 1. The molecule has 0 bridgehead atoms. The lowest BCUT2D eigenvalue weighted by molar-refractivity contribution is 0.102. The summed E-state index contributed by atoms with van der Waals surface area (Å²) in [6, 6.07) is 13.2. The third-order valence-electron chi connectivity index (χ3n) is 4.56. The number of methoxy groups -OCH3 is 1. The van der Waals surface area contributed by atoms with Crippen molar-refractivity contribution < 1.29 is 14.6 Å². The molecule has 0 aliphatic carbocycles. The van der Waals surface area contributed by atoms with Crippen molar-refractivity contribution in [3.05, 3.63) is 53.6 Å². The average molecular weight is 340 g/mol. The molecule has 1 fully saturated rings. The van der Waals surface area contributed by atoms with E-state index in [0.29, 0.717) is 17.0 Å². The Bertz CT molecular complexity index is 735. The standard InChI is InChI=1S/C20H24N2O3/c1-14-3-8-18(19(13-14)25-2)21-20(24)15-4-6-16(7-5-15)22-11-9-17(23)10-12-22/h3-8,13,17,23H,9-12H2,1-2H3,(H,21,24). The van der Waals surface area contributed by atoms with Crippen LogP contribution in [0.15, 0.2) is 42.5 Å². The predicted molar refractivity (Wildman–Crippen MR) is 99.6 cm³/mol. The minimum Gasteiger partial charge on any atom is -0.495 e. The third-order valence-corrected chi connectivity index (χ3v) is 4.56. The van der Waals surface area contributed by atoms with E-state index in [0.717, 1.165) is 37.2 Å². The zero-order valence-electron chi connectivity index (χ0n) is 14.7. The minimum atomic E-state index is -0.189. The SMILES string of the molecule is COc1cc(C)ccc1NC(=O)c1ccc(N2CCC(O)CC2)cc1. The number of benzene rings is 2. The van der Waals surface area contributed by atoms with Gasteiger partial charge in [-0.1, -0.05) is 6.07 Å². The molecule has 5 nitrogen and oxygen atoms in total. The molecule has 2 aromatic rings. The fraction of sp³-hybridized carbons (Fsp3) is 0.350. The van der Waals surface area contributed by atoms with E-state index in [2.05, 4.69) is 10.2 Å². The monoisotopic (exact) mass is 340 g/mol. The van der Waals surface area contributed by atoms with E-state index in [4.69, 9.17) is 4.74 Å². The van der Waals surface area contributed by atoms with Gasteiger partial charge in [0.15, 0.2) is 0 Å². The summed E-state index contributed by atoms with van der Waals surface area (Å²) in [5, 5.41) is 12.5. The lowest BCUT2D eigenvalue weighted by atomic mass is 10.1. The predicted octanol–water partition coefficient (Wildman–Crippen LogP) is 3.22. The highest BCUT2D eigenvalue weighted by Gasteiger charge is 2.17. The van der Waals surface area contributed by atoms with Gasteiger partial charge < -0.3 is 20.1 Å². The Kier molecular flexibility index (Phi) is 5.24. The maximum Gasteiger partial charge on any atom is 0.255 e. The van der Waals surface area contributed by atoms with Crippen molar-refractivity contribution >= 4 is 17.3 Å². The van der Waals surface area contributed by atoms with Gasteiger partial charge in [-0.25, -0.2) is 0 Å². The molecule has 0 unspecified atom stereocenters. The molecular formula is C20H24N2O3. The van der Waals surface area contributed by atoms with Crippen molar-refractivity contribution in [2.45, 2.75) is 25.9 Å². The summed E-state index contributed by atoms with van der Waals surface area (Å²) in [6.45, 7) is 3.66. The number of carbonyl (C=O) groups is 1. The van der Waals surface area contributed by atoms with Crippen LogP contribution >= 0.6 is 0 Å². The molecule has 0 radical (unpaired) electrons. The largest absolute Gasteiger partial charge is 0.495 e. The molecule has 2 N–H and O–H groups in total. The van der Waals surface area contributed by atoms with Crippen LogP contribution in [-0.2, 0) is 0 Å². The molecule has 2 aromatic carbocycles. The molecule has 132 valence electrons. The number of hydrogen-bond donors (Lipinski definition) is 2. The summed E-state index contributed by atoms with van der Waals surface area (Å²) < 4.78 is 5.33. The number of rotatable bonds is 4. The minimum absolute atomic E-state index is 0.164. The van der Waals surface area contributed by atoms with Gasteiger partial charge in [0.1, 0.15) is 5.75 Å². The number of aryl methyl sites for hydroxylation is 1. The van der Waals surface area contributed by atoms with Crippen LogP contribution in [0.5, 0.6) is 5.75 Å². The van der Waals surface area contributed by atoms with Crippen molar-refractivity contribution in [2.24, 2.45) is 0 Å². The highest BCUT2D eigenvalue weighted by molar-refractivity contribution is 6.05. The first-order valence-corrected chi connectivity index (χ1v) is 8.56. The smallest absolute Gasteiger partial charge is 0.255 e. The van der Waals surface area contributed by atoms with Crippen LogP contribution in [0, 0.1) is 6.92 Å². The molecule has 25 heavy (non-hydrogen) atoms. The maximum atomic E-state index is 12.5. The van der Waals surface area contributed by atoms with Crippen molar-refractivity contribution in [2.75, 3.05) is 30.4 Å². The van der Waals surface area contributed by atoms with Gasteiger partial charge in [-0.3, -0.25) is 4.79 Å². The van der Waals surface area contributed by atoms with Gasteiger partial charge in [-0.2, -0.15) is 0 Å². The Balaban J connectivity index is 1.69. The van der Waals surface area contributed by atoms with Crippen LogP contribution in [0.4, 0.5) is 11.4 Å². The van der Waals surface area contributed by atoms with Crippen LogP contribution in [0.25, 0.3) is 0 Å². The lowest BCUT2D eigenvalue weighted by Gasteiger charge is -2.31. The van der Waals surface area contributed by atoms with Gasteiger partial charge in [0, 0.05) is 24.3 Å². The number of ether oxygens (including phenoxy) is 1. The number of aliphatic hydroxyl groups excluding tert-OH is 1. The van der Waals surface area contributed by atoms with Crippen molar-refractivity contribution in [3.8, 4) is 5.75 Å². The molecule has 5 heteroatoms. The third kappa shape index (κ3) is 4.12. The van der Waals surface area contributed by atoms with Gasteiger partial charge in [-0.05, 0) is 61.7 Å². The van der Waals surface area contributed by atoms with Crippen LogP contribution in [0.3, 0.4) is 0 Å². The zero-order valence-corrected chi connectivity index (χ0v) is 14.7. The highest BCUT2D eigenvalue weighted by atomic mass is 16.5. The summed E-state index contributed by atoms with van der Waals surface area (Å²) in [5.74, 6) is 0.486. The number of nitrogens with zero attached hydrogens (tertiary/aromatic N) is 1. The normalized spacial score (nSPS) is 15.1. The molecule has 1 heterocycles. The van der Waals surface area contributed by atoms with E-state index in [1.807, 2.05) is 49.4 Å². The highest BCUT2D eigenvalue weighted by Crippen LogP contribution is 2.26. The molecule has 3 rings (SSSR count). The van der Waals surface area contributed by atoms with Crippen LogP contribution < -0.4 is 15.0 Å². The Hall–Kier alpha value is -2.53. The molecule has 0 aromatic heterocycles. The Labute approximate surface area is 148 Å². The van der Waals surface area contributed by atoms with E-state index in [-0.39, 0.29) is 12.0 Å². The maximum absolute atomic E-state index is 12.5. The molecule has 1 aliphatic rings. The van der Waals surface area contributed by atoms with Gasteiger partial charge in [0.2, 0.25) is 0 Å². The first-order valence-electron chi connectivity index (χ1n) is 8.56. The summed E-state index contributed by atoms with van der Waals surface area (Å²) in [7, 11) is 1.59. The summed E-state index contributed by atoms with van der Waals surface area (Å²) in [6.07, 6.45) is 1.39. The number of carbonyl (C=O) groups excluding carboxylic acids is 1. The van der Waals surface area contributed by atoms with E-state index < -0.39 is 0 Å². The second-order valence-electron chi connectivity index (χ2n) is 6.42. The van der Waals surface area contributed by atoms with Crippen LogP contribution in [-0.4, -0.2) is 37.3 Å². The average Bonchev–Trinajstić information content (AvgIpc) is 2.64. The van der Waals surface area contributed by atoms with E-state index in [1.165, 1.54) is 0 Å². The Morgan fingerprint density at radius 2 is 1.84 bits per heavy atom. The molecular weight excluding hydrogens is 316 g/mol. The van der Waals surface area contributed by atoms with E-state index in [1.54, 1.807) is 7.11 Å². The second-order valence-corrected chi connectivity index (χ2v) is 6.42. The molecule has 1 aliphatic heterocycles. The van der Waals surface area contributed by atoms with Gasteiger partial charge in [0.25, 0.3) is 5.91 Å². The summed E-state index contributed by atoms with van der Waals surface area (Å²) in [4.78, 5) is 14.7. The van der Waals surface area contributed by atoms with Crippen LogP contribution in [0.1, 0.15) is 28.8 Å². The van der Waals surface area contributed by atoms with Crippen LogP contribution in [0.2, 0.25) is 0 Å². The lowest BCUT2D eigenvalue weighted by Crippen LogP contribution is -2.35. The quantitative estimate of drug-likeness (QED) is 0.897. The summed E-state index contributed by atoms with van der Waals surface area (Å²) >= 11 is 0. The first-order chi connectivity index (χ1) is 12.1. The second kappa shape index (κ2) is 7.57. The Morgan fingerprint density at radius 3 is 2.48 bits per heavy atom. The Morgan fingerprint density at radius 1 is 1.16 bits per heavy atom. The number of amides is 1. The molecule has 0 atom stereocenters. The van der Waals surface area contributed by atoms with Gasteiger partial charge in [0.05, 0.1) is 18.9 Å². The zero-order chi connectivity index (χ0) is 17.8. The fourth-order valence-corrected chi connectivity index (χ4v) is 3.04. The first kappa shape index (κ1) is 17.3.